The highest BCUT2D eigenvalue weighted by atomic mass is 19.3. The third-order valence-electron chi connectivity index (χ3n) is 2.37. The van der Waals surface area contributed by atoms with E-state index in [1.165, 1.54) is 26.0 Å². The zero-order valence-corrected chi connectivity index (χ0v) is 9.60. The fourth-order valence-corrected chi connectivity index (χ4v) is 1.24. The number of aromatic hydroxyl groups is 1. The summed E-state index contributed by atoms with van der Waals surface area (Å²) in [4.78, 5) is 11.0. The predicted octanol–water partition coefficient (Wildman–Crippen LogP) is 2.85. The van der Waals surface area contributed by atoms with Crippen LogP contribution < -0.4 is 5.32 Å². The number of benzene rings is 1. The fraction of sp³-hybridized carbons (Fsp3) is 0.364. The number of aryl methyl sites for hydroxylation is 2. The van der Waals surface area contributed by atoms with E-state index < -0.39 is 18.3 Å². The van der Waals surface area contributed by atoms with E-state index in [1.54, 1.807) is 5.32 Å². The number of alkyl halides is 4. The summed E-state index contributed by atoms with van der Waals surface area (Å²) in [7, 11) is 0. The third-order valence-corrected chi connectivity index (χ3v) is 2.37. The predicted molar refractivity (Wildman–Crippen MR) is 57.2 cm³/mol. The second-order valence-electron chi connectivity index (χ2n) is 3.83. The average Bonchev–Trinajstić information content (AvgIpc) is 2.25. The molecule has 1 amide bonds. The molecule has 0 aliphatic carbocycles. The second-order valence-corrected chi connectivity index (χ2v) is 3.83. The number of carbonyl (C=O) groups is 1. The first-order chi connectivity index (χ1) is 8.16. The van der Waals surface area contributed by atoms with Crippen molar-refractivity contribution in [1.29, 1.82) is 0 Å². The van der Waals surface area contributed by atoms with Crippen molar-refractivity contribution in [2.45, 2.75) is 26.2 Å². The zero-order valence-electron chi connectivity index (χ0n) is 9.60. The summed E-state index contributed by atoms with van der Waals surface area (Å²) in [6.07, 6.45) is -4.07. The molecule has 0 fully saturated rings. The van der Waals surface area contributed by atoms with Crippen LogP contribution in [0.25, 0.3) is 0 Å². The summed E-state index contributed by atoms with van der Waals surface area (Å²) >= 11 is 0. The minimum Gasteiger partial charge on any atom is -0.508 e. The lowest BCUT2D eigenvalue weighted by Crippen LogP contribution is -2.41. The number of halogens is 4. The second kappa shape index (κ2) is 4.83. The van der Waals surface area contributed by atoms with Gasteiger partial charge in [0.15, 0.2) is 0 Å². The van der Waals surface area contributed by atoms with Gasteiger partial charge in [0, 0.05) is 5.69 Å². The summed E-state index contributed by atoms with van der Waals surface area (Å²) in [6, 6.07) is 2.47. The first-order valence-electron chi connectivity index (χ1n) is 4.94. The maximum atomic E-state index is 12.7. The van der Waals surface area contributed by atoms with Gasteiger partial charge in [-0.2, -0.15) is 8.78 Å². The Morgan fingerprint density at radius 2 is 1.83 bits per heavy atom. The van der Waals surface area contributed by atoms with Crippen LogP contribution in [0.4, 0.5) is 23.2 Å². The average molecular weight is 265 g/mol. The van der Waals surface area contributed by atoms with E-state index in [0.29, 0.717) is 5.56 Å². The van der Waals surface area contributed by atoms with Crippen molar-refractivity contribution < 1.29 is 27.5 Å². The van der Waals surface area contributed by atoms with Crippen LogP contribution in [0.2, 0.25) is 0 Å². The number of anilines is 1. The minimum absolute atomic E-state index is 0.0457. The van der Waals surface area contributed by atoms with E-state index in [0.717, 1.165) is 0 Å². The Morgan fingerprint density at radius 1 is 1.28 bits per heavy atom. The van der Waals surface area contributed by atoms with Gasteiger partial charge in [-0.1, -0.05) is 0 Å². The summed E-state index contributed by atoms with van der Waals surface area (Å²) in [5.74, 6) is -6.91. The van der Waals surface area contributed by atoms with Crippen LogP contribution in [0.5, 0.6) is 5.75 Å². The molecular formula is C11H11F4NO2. The number of phenols is 1. The van der Waals surface area contributed by atoms with Crippen molar-refractivity contribution in [2.75, 3.05) is 5.32 Å². The van der Waals surface area contributed by atoms with Crippen molar-refractivity contribution >= 4 is 11.6 Å². The Bertz CT molecular complexity index is 474. The lowest BCUT2D eigenvalue weighted by molar-refractivity contribution is -0.163. The maximum Gasteiger partial charge on any atom is 0.383 e. The van der Waals surface area contributed by atoms with Gasteiger partial charge < -0.3 is 10.4 Å². The molecule has 0 heterocycles. The Hall–Kier alpha value is -1.79. The lowest BCUT2D eigenvalue weighted by atomic mass is 10.1. The number of amides is 1. The maximum absolute atomic E-state index is 12.7. The first-order valence-corrected chi connectivity index (χ1v) is 4.94. The molecule has 0 aliphatic rings. The summed E-state index contributed by atoms with van der Waals surface area (Å²) < 4.78 is 49.4. The molecule has 3 nitrogen and oxygen atoms in total. The van der Waals surface area contributed by atoms with Gasteiger partial charge in [-0.3, -0.25) is 4.79 Å². The van der Waals surface area contributed by atoms with E-state index in [1.807, 2.05) is 0 Å². The molecule has 0 aromatic heterocycles. The number of hydrogen-bond donors (Lipinski definition) is 2. The Balaban J connectivity index is 2.99. The number of rotatable bonds is 3. The largest absolute Gasteiger partial charge is 0.508 e. The zero-order chi connectivity index (χ0) is 14.1. The van der Waals surface area contributed by atoms with Gasteiger partial charge in [-0.05, 0) is 37.1 Å². The van der Waals surface area contributed by atoms with E-state index in [-0.39, 0.29) is 17.0 Å². The molecule has 2 N–H and O–H groups in total. The minimum atomic E-state index is -4.75. The van der Waals surface area contributed by atoms with Crippen LogP contribution in [0.15, 0.2) is 12.1 Å². The monoisotopic (exact) mass is 265 g/mol. The Morgan fingerprint density at radius 3 is 2.33 bits per heavy atom. The van der Waals surface area contributed by atoms with Gasteiger partial charge in [0.2, 0.25) is 0 Å². The normalized spacial score (nSPS) is 11.7. The molecule has 0 radical (unpaired) electrons. The number of carbonyl (C=O) groups excluding carboxylic acids is 1. The highest BCUT2D eigenvalue weighted by molar-refractivity contribution is 5.97. The van der Waals surface area contributed by atoms with Gasteiger partial charge in [0.25, 0.3) is 0 Å². The summed E-state index contributed by atoms with van der Waals surface area (Å²) in [5.41, 5.74) is 0.573. The Kier molecular flexibility index (Phi) is 3.83. The van der Waals surface area contributed by atoms with Gasteiger partial charge >= 0.3 is 18.3 Å². The third kappa shape index (κ3) is 2.72. The fourth-order valence-electron chi connectivity index (χ4n) is 1.24. The molecule has 7 heteroatoms. The molecule has 100 valence electrons. The number of nitrogens with one attached hydrogen (secondary N) is 1. The topological polar surface area (TPSA) is 49.3 Å². The van der Waals surface area contributed by atoms with Crippen LogP contribution in [-0.2, 0) is 4.79 Å². The van der Waals surface area contributed by atoms with Crippen LogP contribution in [-0.4, -0.2) is 23.4 Å². The molecule has 0 saturated carbocycles. The first kappa shape index (κ1) is 14.3. The van der Waals surface area contributed by atoms with Crippen molar-refractivity contribution in [1.82, 2.24) is 0 Å². The van der Waals surface area contributed by atoms with E-state index >= 15 is 0 Å². The van der Waals surface area contributed by atoms with Gasteiger partial charge in [-0.25, -0.2) is 8.78 Å². The standard InChI is InChI=1S/C11H11F4NO2/c1-5-4-8(17)6(2)3-7(5)16-10(18)11(14,15)9(12)13/h3-4,9,17H,1-2H3,(H,16,18). The van der Waals surface area contributed by atoms with Gasteiger partial charge in [-0.15, -0.1) is 0 Å². The van der Waals surface area contributed by atoms with E-state index in [4.69, 9.17) is 0 Å². The molecule has 18 heavy (non-hydrogen) atoms. The molecular weight excluding hydrogens is 254 g/mol. The quantitative estimate of drug-likeness (QED) is 0.652. The van der Waals surface area contributed by atoms with E-state index in [9.17, 15) is 27.5 Å². The van der Waals surface area contributed by atoms with Crippen LogP contribution in [0, 0.1) is 13.8 Å². The van der Waals surface area contributed by atoms with Crippen molar-refractivity contribution in [3.05, 3.63) is 23.3 Å². The summed E-state index contributed by atoms with van der Waals surface area (Å²) in [6.45, 7) is 2.92. The Labute approximate surface area is 100 Å². The molecule has 0 spiro atoms. The van der Waals surface area contributed by atoms with Crippen molar-refractivity contribution in [3.8, 4) is 5.75 Å². The molecule has 0 bridgehead atoms. The van der Waals surface area contributed by atoms with Crippen LogP contribution in [0.1, 0.15) is 11.1 Å². The highest BCUT2D eigenvalue weighted by Gasteiger charge is 2.49. The lowest BCUT2D eigenvalue weighted by Gasteiger charge is -2.16. The summed E-state index contributed by atoms with van der Waals surface area (Å²) in [5, 5.41) is 11.0. The number of hydrogen-bond acceptors (Lipinski definition) is 2. The van der Waals surface area contributed by atoms with E-state index in [2.05, 4.69) is 0 Å². The molecule has 0 atom stereocenters. The molecule has 1 aromatic carbocycles. The van der Waals surface area contributed by atoms with Crippen LogP contribution in [0.3, 0.4) is 0 Å². The van der Waals surface area contributed by atoms with Gasteiger partial charge in [0.1, 0.15) is 5.75 Å². The van der Waals surface area contributed by atoms with Crippen molar-refractivity contribution in [2.24, 2.45) is 0 Å². The molecule has 1 aromatic rings. The van der Waals surface area contributed by atoms with Crippen LogP contribution >= 0.6 is 0 Å². The smallest absolute Gasteiger partial charge is 0.383 e. The van der Waals surface area contributed by atoms with Gasteiger partial charge in [0.05, 0.1) is 0 Å². The molecule has 0 aliphatic heterocycles. The SMILES string of the molecule is Cc1cc(NC(=O)C(F)(F)C(F)F)c(C)cc1O. The molecule has 0 saturated heterocycles. The molecule has 0 unspecified atom stereocenters. The molecule has 1 rings (SSSR count). The van der Waals surface area contributed by atoms with Crippen molar-refractivity contribution in [3.63, 3.8) is 0 Å². The number of phenolic OH excluding ortho intramolecular Hbond substituents is 1. The highest BCUT2D eigenvalue weighted by Crippen LogP contribution is 2.28.